The Bertz CT molecular complexity index is 385. The molecule has 0 aromatic carbocycles. The molecule has 1 heterocycles. The van der Waals surface area contributed by atoms with E-state index in [4.69, 9.17) is 5.11 Å². The van der Waals surface area contributed by atoms with Crippen molar-refractivity contribution in [2.24, 2.45) is 0 Å². The van der Waals surface area contributed by atoms with Crippen molar-refractivity contribution >= 4 is 11.9 Å². The van der Waals surface area contributed by atoms with Gasteiger partial charge in [0.25, 0.3) is 0 Å². The lowest BCUT2D eigenvalue weighted by Gasteiger charge is -2.32. The summed E-state index contributed by atoms with van der Waals surface area (Å²) in [4.78, 5) is 27.2. The van der Waals surface area contributed by atoms with Gasteiger partial charge in [0.05, 0.1) is 0 Å². The van der Waals surface area contributed by atoms with E-state index in [1.54, 1.807) is 6.92 Å². The van der Waals surface area contributed by atoms with Gasteiger partial charge in [-0.3, -0.25) is 4.79 Å². The number of hydrogen-bond donors (Lipinski definition) is 2. The molecule has 0 saturated carbocycles. The number of aliphatic carboxylic acids is 1. The van der Waals surface area contributed by atoms with Gasteiger partial charge in [0.2, 0.25) is 5.91 Å². The molecule has 114 valence electrons. The Morgan fingerprint density at radius 2 is 1.70 bits per heavy atom. The molecule has 0 aliphatic carbocycles. The molecule has 0 atom stereocenters. The van der Waals surface area contributed by atoms with Crippen molar-refractivity contribution in [2.75, 3.05) is 46.3 Å². The predicted octanol–water partition coefficient (Wildman–Crippen LogP) is 0.161. The van der Waals surface area contributed by atoms with Gasteiger partial charge in [-0.25, -0.2) is 4.79 Å². The van der Waals surface area contributed by atoms with Crippen LogP contribution in [0.25, 0.3) is 0 Å². The van der Waals surface area contributed by atoms with Crippen molar-refractivity contribution in [1.29, 1.82) is 0 Å². The van der Waals surface area contributed by atoms with Crippen molar-refractivity contribution in [3.05, 3.63) is 11.1 Å². The van der Waals surface area contributed by atoms with Crippen LogP contribution in [0.15, 0.2) is 11.1 Å². The number of carboxylic acids is 1. The van der Waals surface area contributed by atoms with Crippen LogP contribution in [-0.4, -0.2) is 73.1 Å². The lowest BCUT2D eigenvalue weighted by atomic mass is 10.1. The number of amides is 1. The summed E-state index contributed by atoms with van der Waals surface area (Å²) in [5.41, 5.74) is 0.374. The lowest BCUT2D eigenvalue weighted by molar-refractivity contribution is -0.133. The van der Waals surface area contributed by atoms with Gasteiger partial charge in [-0.1, -0.05) is 0 Å². The Kier molecular flexibility index (Phi) is 6.67. The fourth-order valence-electron chi connectivity index (χ4n) is 2.04. The first kappa shape index (κ1) is 16.7. The molecule has 0 aromatic heterocycles. The SMILES string of the molecule is CC(C(=O)O)=C(C)C(=O)NCCCN1CCN(C)CC1. The van der Waals surface area contributed by atoms with Gasteiger partial charge in [0.15, 0.2) is 0 Å². The molecule has 2 N–H and O–H groups in total. The first-order chi connectivity index (χ1) is 9.41. The average molecular weight is 283 g/mol. The number of nitrogens with one attached hydrogen (secondary N) is 1. The third kappa shape index (κ3) is 5.30. The second-order valence-corrected chi connectivity index (χ2v) is 5.31. The number of carboxylic acid groups (broad SMARTS) is 1. The minimum atomic E-state index is -1.05. The number of likely N-dealkylation sites (N-methyl/N-ethyl adjacent to an activating group) is 1. The number of carbonyl (C=O) groups excluding carboxylic acids is 1. The second kappa shape index (κ2) is 8.01. The van der Waals surface area contributed by atoms with Crippen molar-refractivity contribution < 1.29 is 14.7 Å². The van der Waals surface area contributed by atoms with Gasteiger partial charge in [-0.15, -0.1) is 0 Å². The lowest BCUT2D eigenvalue weighted by Crippen LogP contribution is -2.45. The molecule has 1 saturated heterocycles. The molecular formula is C14H25N3O3. The molecular weight excluding hydrogens is 258 g/mol. The van der Waals surface area contributed by atoms with E-state index < -0.39 is 5.97 Å². The quantitative estimate of drug-likeness (QED) is 0.537. The van der Waals surface area contributed by atoms with Crippen LogP contribution in [0.1, 0.15) is 20.3 Å². The van der Waals surface area contributed by atoms with E-state index in [0.717, 1.165) is 39.1 Å². The van der Waals surface area contributed by atoms with Gasteiger partial charge < -0.3 is 20.2 Å². The fraction of sp³-hybridized carbons (Fsp3) is 0.714. The summed E-state index contributed by atoms with van der Waals surface area (Å²) in [7, 11) is 2.12. The van der Waals surface area contributed by atoms with Crippen molar-refractivity contribution in [2.45, 2.75) is 20.3 Å². The van der Waals surface area contributed by atoms with E-state index in [1.165, 1.54) is 6.92 Å². The van der Waals surface area contributed by atoms with Crippen LogP contribution < -0.4 is 5.32 Å². The van der Waals surface area contributed by atoms with E-state index >= 15 is 0 Å². The Balaban J connectivity index is 2.23. The normalized spacial score (nSPS) is 18.6. The third-order valence-corrected chi connectivity index (χ3v) is 3.76. The van der Waals surface area contributed by atoms with E-state index in [1.807, 2.05) is 0 Å². The van der Waals surface area contributed by atoms with E-state index in [2.05, 4.69) is 22.2 Å². The summed E-state index contributed by atoms with van der Waals surface area (Å²) in [5, 5.41) is 11.6. The first-order valence-corrected chi connectivity index (χ1v) is 7.01. The molecule has 0 aromatic rings. The summed E-state index contributed by atoms with van der Waals surface area (Å²) in [6, 6.07) is 0. The van der Waals surface area contributed by atoms with Crippen LogP contribution in [0.3, 0.4) is 0 Å². The second-order valence-electron chi connectivity index (χ2n) is 5.31. The Hall–Kier alpha value is -1.40. The summed E-state index contributed by atoms with van der Waals surface area (Å²) in [6.45, 7) is 8.85. The van der Waals surface area contributed by atoms with Crippen LogP contribution in [0.5, 0.6) is 0 Å². The zero-order valence-electron chi connectivity index (χ0n) is 12.6. The molecule has 0 radical (unpaired) electrons. The largest absolute Gasteiger partial charge is 0.478 e. The smallest absolute Gasteiger partial charge is 0.331 e. The third-order valence-electron chi connectivity index (χ3n) is 3.76. The van der Waals surface area contributed by atoms with Crippen LogP contribution >= 0.6 is 0 Å². The zero-order valence-corrected chi connectivity index (χ0v) is 12.6. The highest BCUT2D eigenvalue weighted by Crippen LogP contribution is 2.03. The highest BCUT2D eigenvalue weighted by atomic mass is 16.4. The summed E-state index contributed by atoms with van der Waals surface area (Å²) in [6.07, 6.45) is 0.884. The summed E-state index contributed by atoms with van der Waals surface area (Å²) >= 11 is 0. The maximum atomic E-state index is 11.7. The van der Waals surface area contributed by atoms with E-state index in [-0.39, 0.29) is 17.1 Å². The van der Waals surface area contributed by atoms with Crippen molar-refractivity contribution in [1.82, 2.24) is 15.1 Å². The molecule has 1 aliphatic heterocycles. The molecule has 20 heavy (non-hydrogen) atoms. The minimum absolute atomic E-state index is 0.0987. The molecule has 0 unspecified atom stereocenters. The van der Waals surface area contributed by atoms with Crippen LogP contribution in [0.2, 0.25) is 0 Å². The number of rotatable bonds is 6. The number of hydrogen-bond acceptors (Lipinski definition) is 4. The van der Waals surface area contributed by atoms with Gasteiger partial charge >= 0.3 is 5.97 Å². The average Bonchev–Trinajstić information content (AvgIpc) is 2.43. The van der Waals surface area contributed by atoms with Crippen LogP contribution in [-0.2, 0) is 9.59 Å². The zero-order chi connectivity index (χ0) is 15.1. The number of nitrogens with zero attached hydrogens (tertiary/aromatic N) is 2. The molecule has 0 spiro atoms. The molecule has 1 fully saturated rings. The van der Waals surface area contributed by atoms with Crippen molar-refractivity contribution in [3.8, 4) is 0 Å². The highest BCUT2D eigenvalue weighted by Gasteiger charge is 2.14. The molecule has 1 amide bonds. The van der Waals surface area contributed by atoms with Crippen molar-refractivity contribution in [3.63, 3.8) is 0 Å². The maximum absolute atomic E-state index is 11.7. The molecule has 0 bridgehead atoms. The van der Waals surface area contributed by atoms with Crippen LogP contribution in [0, 0.1) is 0 Å². The Labute approximate surface area is 120 Å². The maximum Gasteiger partial charge on any atom is 0.331 e. The van der Waals surface area contributed by atoms with E-state index in [0.29, 0.717) is 6.54 Å². The molecule has 1 aliphatic rings. The fourth-order valence-corrected chi connectivity index (χ4v) is 2.04. The first-order valence-electron chi connectivity index (χ1n) is 7.01. The van der Waals surface area contributed by atoms with Gasteiger partial charge in [0.1, 0.15) is 0 Å². The molecule has 1 rings (SSSR count). The molecule has 6 heteroatoms. The number of carbonyl (C=O) groups is 2. The van der Waals surface area contributed by atoms with Gasteiger partial charge in [0, 0.05) is 43.9 Å². The topological polar surface area (TPSA) is 72.9 Å². The highest BCUT2D eigenvalue weighted by molar-refractivity contribution is 6.01. The standard InChI is InChI=1S/C14H25N3O3/c1-11(12(2)14(19)20)13(18)15-5-4-6-17-9-7-16(3)8-10-17/h4-10H2,1-3H3,(H,15,18)(H,19,20). The number of piperazine rings is 1. The van der Waals surface area contributed by atoms with Gasteiger partial charge in [-0.05, 0) is 33.9 Å². The minimum Gasteiger partial charge on any atom is -0.478 e. The van der Waals surface area contributed by atoms with Gasteiger partial charge in [-0.2, -0.15) is 0 Å². The Morgan fingerprint density at radius 3 is 2.25 bits per heavy atom. The monoisotopic (exact) mass is 283 g/mol. The van der Waals surface area contributed by atoms with E-state index in [9.17, 15) is 9.59 Å². The summed E-state index contributed by atoms with van der Waals surface area (Å²) < 4.78 is 0. The van der Waals surface area contributed by atoms with Crippen LogP contribution in [0.4, 0.5) is 0 Å². The summed E-state index contributed by atoms with van der Waals surface area (Å²) in [5.74, 6) is -1.33. The molecule has 6 nitrogen and oxygen atoms in total. The predicted molar refractivity (Wildman–Crippen MR) is 77.6 cm³/mol. The Morgan fingerprint density at radius 1 is 1.10 bits per heavy atom.